The van der Waals surface area contributed by atoms with Gasteiger partial charge >= 0.3 is 52.4 Å². The minimum absolute atomic E-state index is 0. The van der Waals surface area contributed by atoms with Crippen LogP contribution in [0, 0.1) is 0 Å². The van der Waals surface area contributed by atoms with Gasteiger partial charge in [-0.1, -0.05) is 132 Å². The van der Waals surface area contributed by atoms with Crippen molar-refractivity contribution < 1.29 is 94.9 Å². The van der Waals surface area contributed by atoms with E-state index < -0.39 is 33.3 Å². The maximum absolute atomic E-state index is 6.38. The number of hydrogen-bond donors (Lipinski definition) is 0. The molecule has 0 amide bonds. The van der Waals surface area contributed by atoms with Crippen LogP contribution in [-0.4, -0.2) is 33.3 Å². The summed E-state index contributed by atoms with van der Waals surface area (Å²) < 4.78 is 25.5. The minimum Gasteiger partial charge on any atom is -1.00 e. The summed E-state index contributed by atoms with van der Waals surface area (Å²) in [4.78, 5) is 0. The van der Waals surface area contributed by atoms with E-state index in [1.54, 1.807) is 0 Å². The van der Waals surface area contributed by atoms with Crippen LogP contribution in [0.15, 0.2) is 146 Å². The van der Waals surface area contributed by atoms with Crippen molar-refractivity contribution in [1.29, 1.82) is 0 Å². The number of fused-ring (bicyclic) bond motifs is 4. The van der Waals surface area contributed by atoms with Gasteiger partial charge in [-0.15, -0.1) is 91.6 Å². The van der Waals surface area contributed by atoms with Gasteiger partial charge in [-0.25, -0.2) is 0 Å². The van der Waals surface area contributed by atoms with Crippen LogP contribution in [0.2, 0.25) is 72.5 Å². The van der Waals surface area contributed by atoms with Crippen LogP contribution < -0.4 is 42.5 Å². The molecule has 0 atom stereocenters. The zero-order valence-corrected chi connectivity index (χ0v) is 57.7. The van der Waals surface area contributed by atoms with E-state index in [0.29, 0.717) is 0 Å². The first kappa shape index (κ1) is 67.7. The van der Waals surface area contributed by atoms with Crippen LogP contribution >= 0.6 is 0 Å². The Morgan fingerprint density at radius 1 is 0.292 bits per heavy atom. The normalized spacial score (nSPS) is 12.3. The fourth-order valence-corrected chi connectivity index (χ4v) is 10.7. The number of benzene rings is 4. The van der Waals surface area contributed by atoms with Crippen molar-refractivity contribution in [3.05, 3.63) is 146 Å². The second kappa shape index (κ2) is 26.2. The fraction of sp³-hybridized carbons (Fsp3) is 0.400. The average Bonchev–Trinajstić information content (AvgIpc) is 4.05. The van der Waals surface area contributed by atoms with E-state index in [1.807, 2.05) is 0 Å². The summed E-state index contributed by atoms with van der Waals surface area (Å²) in [5, 5.41) is 10.9. The second-order valence-electron chi connectivity index (χ2n) is 24.6. The van der Waals surface area contributed by atoms with Crippen molar-refractivity contribution in [2.45, 2.75) is 156 Å². The summed E-state index contributed by atoms with van der Waals surface area (Å²) in [5.41, 5.74) is 0. The molecule has 0 saturated heterocycles. The van der Waals surface area contributed by atoms with Gasteiger partial charge in [0.15, 0.2) is 0 Å². The van der Waals surface area contributed by atoms with Gasteiger partial charge in [0.2, 0.25) is 33.3 Å². The third kappa shape index (κ3) is 16.9. The molecule has 8 aromatic carbocycles. The molecule has 0 aromatic heterocycles. The van der Waals surface area contributed by atoms with Crippen LogP contribution in [0.1, 0.15) is 83.1 Å². The molecule has 0 unspecified atom stereocenters. The fourth-order valence-electron chi connectivity index (χ4n) is 6.60. The molecule has 0 heterocycles. The predicted molar refractivity (Wildman–Crippen MR) is 309 cm³/mol. The smallest absolute Gasteiger partial charge is 1.00 e. The van der Waals surface area contributed by atoms with Gasteiger partial charge in [0, 0.05) is 23.0 Å². The maximum Gasteiger partial charge on any atom is 3.00 e. The number of halogens is 2. The van der Waals surface area contributed by atoms with Gasteiger partial charge < -0.3 is 42.5 Å². The maximum atomic E-state index is 6.38. The van der Waals surface area contributed by atoms with E-state index >= 15 is 0 Å². The Morgan fingerprint density at radius 3 is 0.611 bits per heavy atom. The molecule has 8 aromatic rings. The summed E-state index contributed by atoms with van der Waals surface area (Å²) in [6.07, 6.45) is 0. The van der Waals surface area contributed by atoms with E-state index in [9.17, 15) is 0 Å². The standard InChI is InChI=1S/4C15H21OSi.2ClH.2Zr/c4*1-15(2,3)17(4,5)16-14-11-7-9-12-8-6-10-13(12)14;;;;/h4*6-11H,1-5H3;2*1H;;/q4*-1;;;2*+3/p-2. The van der Waals surface area contributed by atoms with Gasteiger partial charge in [-0.3, -0.25) is 0 Å². The van der Waals surface area contributed by atoms with Gasteiger partial charge in [0.05, 0.1) is 0 Å². The van der Waals surface area contributed by atoms with Crippen LogP contribution in [0.3, 0.4) is 0 Å². The summed E-state index contributed by atoms with van der Waals surface area (Å²) in [6, 6.07) is 50.6. The number of hydrogen-bond acceptors (Lipinski definition) is 4. The van der Waals surface area contributed by atoms with Gasteiger partial charge in [0.25, 0.3) is 0 Å². The molecule has 0 aliphatic heterocycles. The summed E-state index contributed by atoms with van der Waals surface area (Å²) in [7, 11) is -6.95. The summed E-state index contributed by atoms with van der Waals surface area (Å²) in [6.45, 7) is 45.5. The molecule has 0 N–H and O–H groups in total. The predicted octanol–water partition coefficient (Wildman–Crippen LogP) is 13.8. The SMILES string of the molecule is CC(C)(C)[Si](C)(C)Oc1cccc2cc[cH-]c12.CC(C)(C)[Si](C)(C)Oc1cccc2cc[cH-]c12.CC(C)(C)[Si](C)(C)Oc1cccc2cc[cH-]c12.CC(C)(C)[Si](C)(C)Oc1cccc2cc[cH-]c12.[Cl-].[Cl-].[Zr+3].[Zr+3]. The van der Waals surface area contributed by atoms with E-state index in [-0.39, 0.29) is 97.4 Å². The topological polar surface area (TPSA) is 36.9 Å². The zero-order chi connectivity index (χ0) is 50.7. The molecule has 0 saturated carbocycles. The Labute approximate surface area is 490 Å². The zero-order valence-electron chi connectivity index (χ0n) is 47.2. The van der Waals surface area contributed by atoms with E-state index in [4.69, 9.17) is 17.7 Å². The van der Waals surface area contributed by atoms with Gasteiger partial charge in [-0.05, 0) is 72.5 Å². The molecule has 12 heteroatoms. The largest absolute Gasteiger partial charge is 3.00 e. The Morgan fingerprint density at radius 2 is 0.458 bits per heavy atom. The first-order valence-electron chi connectivity index (χ1n) is 24.6. The van der Waals surface area contributed by atoms with E-state index in [1.165, 1.54) is 43.1 Å². The van der Waals surface area contributed by atoms with E-state index in [2.05, 4.69) is 281 Å². The van der Waals surface area contributed by atoms with Gasteiger partial charge in [-0.2, -0.15) is 48.5 Å². The Kier molecular flexibility index (Phi) is 24.6. The van der Waals surface area contributed by atoms with Crippen LogP contribution in [0.5, 0.6) is 23.0 Å². The van der Waals surface area contributed by atoms with Crippen molar-refractivity contribution in [3.63, 3.8) is 0 Å². The quantitative estimate of drug-likeness (QED) is 0.112. The van der Waals surface area contributed by atoms with Crippen molar-refractivity contribution in [1.82, 2.24) is 0 Å². The molecule has 0 aliphatic carbocycles. The molecular formula is C60H84Cl2O4Si4Zr2. The monoisotopic (exact) mass is 1230 g/mol. The van der Waals surface area contributed by atoms with E-state index in [0.717, 1.165) is 23.0 Å². The second-order valence-corrected chi connectivity index (χ2v) is 43.5. The molecule has 8 rings (SSSR count). The third-order valence-corrected chi connectivity index (χ3v) is 32.6. The van der Waals surface area contributed by atoms with Crippen molar-refractivity contribution in [2.75, 3.05) is 0 Å². The van der Waals surface area contributed by atoms with Crippen LogP contribution in [0.25, 0.3) is 43.1 Å². The molecule has 72 heavy (non-hydrogen) atoms. The van der Waals surface area contributed by atoms with Crippen LogP contribution in [-0.2, 0) is 52.4 Å². The molecule has 0 bridgehead atoms. The summed E-state index contributed by atoms with van der Waals surface area (Å²) in [5.74, 6) is 4.16. The van der Waals surface area contributed by atoms with Gasteiger partial charge in [0.1, 0.15) is 0 Å². The van der Waals surface area contributed by atoms with Crippen molar-refractivity contribution >= 4 is 76.4 Å². The third-order valence-electron chi connectivity index (χ3n) is 15.2. The Bertz CT molecular complexity index is 2490. The number of rotatable bonds is 8. The molecule has 386 valence electrons. The molecule has 0 fully saturated rings. The molecular weight excluding hydrogens is 1150 g/mol. The Balaban J connectivity index is 0.000000471. The molecule has 0 aliphatic rings. The van der Waals surface area contributed by atoms with Crippen LogP contribution in [0.4, 0.5) is 0 Å². The minimum atomic E-state index is -1.74. The Hall–Kier alpha value is -2.27. The summed E-state index contributed by atoms with van der Waals surface area (Å²) >= 11 is 0. The molecule has 4 nitrogen and oxygen atoms in total. The first-order chi connectivity index (χ1) is 31.2. The molecule has 0 spiro atoms. The first-order valence-corrected chi connectivity index (χ1v) is 36.2. The average molecular weight is 1240 g/mol. The van der Waals surface area contributed by atoms with Crippen molar-refractivity contribution in [3.8, 4) is 23.0 Å². The molecule has 2 radical (unpaired) electrons. The van der Waals surface area contributed by atoms with Crippen molar-refractivity contribution in [2.24, 2.45) is 0 Å².